The summed E-state index contributed by atoms with van der Waals surface area (Å²) in [5, 5.41) is 3.12. The largest absolute Gasteiger partial charge is 0.353 e. The van der Waals surface area contributed by atoms with E-state index >= 15 is 0 Å². The molecular weight excluding hydrogens is 266 g/mol. The highest BCUT2D eigenvalue weighted by Gasteiger charge is 2.35. The summed E-state index contributed by atoms with van der Waals surface area (Å²) in [6.45, 7) is 0.461. The van der Waals surface area contributed by atoms with Crippen molar-refractivity contribution in [2.45, 2.75) is 44.6 Å². The molecule has 3 rings (SSSR count). The Morgan fingerprint density at radius 1 is 1.29 bits per heavy atom. The van der Waals surface area contributed by atoms with Crippen molar-refractivity contribution in [2.75, 3.05) is 11.4 Å². The van der Waals surface area contributed by atoms with Crippen molar-refractivity contribution in [1.29, 1.82) is 0 Å². The number of anilines is 1. The minimum absolute atomic E-state index is 0.00629. The molecule has 1 saturated heterocycles. The molecular formula is C16H21N3O2. The van der Waals surface area contributed by atoms with Gasteiger partial charge in [-0.15, -0.1) is 0 Å². The van der Waals surface area contributed by atoms with Crippen molar-refractivity contribution >= 4 is 17.5 Å². The van der Waals surface area contributed by atoms with Crippen molar-refractivity contribution < 1.29 is 9.59 Å². The summed E-state index contributed by atoms with van der Waals surface area (Å²) in [5.41, 5.74) is 0.774. The normalized spacial score (nSPS) is 23.3. The van der Waals surface area contributed by atoms with E-state index in [1.165, 1.54) is 19.3 Å². The lowest BCUT2D eigenvalue weighted by atomic mass is 9.95. The van der Waals surface area contributed by atoms with Gasteiger partial charge in [-0.3, -0.25) is 14.6 Å². The van der Waals surface area contributed by atoms with Gasteiger partial charge >= 0.3 is 0 Å². The zero-order valence-electron chi connectivity index (χ0n) is 12.1. The Morgan fingerprint density at radius 3 is 2.81 bits per heavy atom. The molecule has 5 nitrogen and oxygen atoms in total. The Balaban J connectivity index is 1.60. The lowest BCUT2D eigenvalue weighted by molar-refractivity contribution is -0.127. The van der Waals surface area contributed by atoms with Crippen LogP contribution in [0.5, 0.6) is 0 Å². The first-order chi connectivity index (χ1) is 10.2. The van der Waals surface area contributed by atoms with Crippen molar-refractivity contribution in [3.05, 3.63) is 24.5 Å². The summed E-state index contributed by atoms with van der Waals surface area (Å²) in [6, 6.07) is 3.96. The van der Waals surface area contributed by atoms with Crippen LogP contribution in [0.3, 0.4) is 0 Å². The number of pyridine rings is 1. The number of aromatic nitrogens is 1. The van der Waals surface area contributed by atoms with Crippen LogP contribution in [-0.2, 0) is 9.59 Å². The summed E-state index contributed by atoms with van der Waals surface area (Å²) < 4.78 is 0. The van der Waals surface area contributed by atoms with E-state index in [-0.39, 0.29) is 17.7 Å². The van der Waals surface area contributed by atoms with Crippen LogP contribution in [0.15, 0.2) is 24.5 Å². The van der Waals surface area contributed by atoms with Crippen LogP contribution in [-0.4, -0.2) is 29.4 Å². The SMILES string of the molecule is O=C(NC1CCCCC1)C1CC(=O)N(c2cccnc2)C1. The van der Waals surface area contributed by atoms with Gasteiger partial charge in [0.2, 0.25) is 11.8 Å². The fraction of sp³-hybridized carbons (Fsp3) is 0.562. The molecule has 2 aliphatic rings. The van der Waals surface area contributed by atoms with Crippen LogP contribution in [0, 0.1) is 5.92 Å². The number of amides is 2. The van der Waals surface area contributed by atoms with Gasteiger partial charge in [-0.2, -0.15) is 0 Å². The minimum atomic E-state index is -0.236. The van der Waals surface area contributed by atoms with Crippen LogP contribution >= 0.6 is 0 Å². The molecule has 1 aliphatic heterocycles. The van der Waals surface area contributed by atoms with Gasteiger partial charge in [0.25, 0.3) is 0 Å². The molecule has 1 atom stereocenters. The van der Waals surface area contributed by atoms with Crippen LogP contribution < -0.4 is 10.2 Å². The predicted molar refractivity (Wildman–Crippen MR) is 79.7 cm³/mol. The summed E-state index contributed by atoms with van der Waals surface area (Å²) in [7, 11) is 0. The highest BCUT2D eigenvalue weighted by atomic mass is 16.2. The zero-order valence-corrected chi connectivity index (χ0v) is 12.1. The molecule has 2 heterocycles. The molecule has 2 fully saturated rings. The average Bonchev–Trinajstić information content (AvgIpc) is 2.91. The quantitative estimate of drug-likeness (QED) is 0.923. The Bertz CT molecular complexity index is 512. The number of carbonyl (C=O) groups excluding carboxylic acids is 2. The molecule has 0 bridgehead atoms. The van der Waals surface area contributed by atoms with E-state index < -0.39 is 0 Å². The monoisotopic (exact) mass is 287 g/mol. The van der Waals surface area contributed by atoms with Crippen LogP contribution in [0.1, 0.15) is 38.5 Å². The molecule has 0 radical (unpaired) electrons. The number of carbonyl (C=O) groups is 2. The maximum absolute atomic E-state index is 12.3. The van der Waals surface area contributed by atoms with E-state index in [2.05, 4.69) is 10.3 Å². The predicted octanol–water partition coefficient (Wildman–Crippen LogP) is 1.88. The van der Waals surface area contributed by atoms with Gasteiger partial charge in [0.05, 0.1) is 17.8 Å². The van der Waals surface area contributed by atoms with Crippen molar-refractivity contribution in [3.8, 4) is 0 Å². The van der Waals surface area contributed by atoms with Gasteiger partial charge in [-0.25, -0.2) is 0 Å². The molecule has 1 aromatic rings. The number of nitrogens with zero attached hydrogens (tertiary/aromatic N) is 2. The molecule has 1 aromatic heterocycles. The van der Waals surface area contributed by atoms with Gasteiger partial charge in [0, 0.05) is 25.2 Å². The van der Waals surface area contributed by atoms with E-state index in [1.807, 2.05) is 6.07 Å². The number of rotatable bonds is 3. The van der Waals surface area contributed by atoms with Gasteiger partial charge in [0.1, 0.15) is 0 Å². The zero-order chi connectivity index (χ0) is 14.7. The molecule has 5 heteroatoms. The number of nitrogens with one attached hydrogen (secondary N) is 1. The molecule has 2 amide bonds. The maximum Gasteiger partial charge on any atom is 0.227 e. The van der Waals surface area contributed by atoms with E-state index in [1.54, 1.807) is 23.4 Å². The Kier molecular flexibility index (Phi) is 4.18. The molecule has 21 heavy (non-hydrogen) atoms. The summed E-state index contributed by atoms with van der Waals surface area (Å²) >= 11 is 0. The number of hydrogen-bond donors (Lipinski definition) is 1. The molecule has 1 saturated carbocycles. The minimum Gasteiger partial charge on any atom is -0.353 e. The molecule has 112 valence electrons. The van der Waals surface area contributed by atoms with Crippen molar-refractivity contribution in [2.24, 2.45) is 5.92 Å². The first-order valence-corrected chi connectivity index (χ1v) is 7.75. The Morgan fingerprint density at radius 2 is 2.10 bits per heavy atom. The second kappa shape index (κ2) is 6.24. The van der Waals surface area contributed by atoms with Crippen LogP contribution in [0.2, 0.25) is 0 Å². The fourth-order valence-electron chi connectivity index (χ4n) is 3.21. The first-order valence-electron chi connectivity index (χ1n) is 7.75. The maximum atomic E-state index is 12.3. The Hall–Kier alpha value is -1.91. The molecule has 1 N–H and O–H groups in total. The van der Waals surface area contributed by atoms with Gasteiger partial charge in [0.15, 0.2) is 0 Å². The lowest BCUT2D eigenvalue weighted by Gasteiger charge is -2.24. The molecule has 0 spiro atoms. The smallest absolute Gasteiger partial charge is 0.227 e. The highest BCUT2D eigenvalue weighted by Crippen LogP contribution is 2.25. The van der Waals surface area contributed by atoms with E-state index in [0.717, 1.165) is 18.5 Å². The highest BCUT2D eigenvalue weighted by molar-refractivity contribution is 6.00. The Labute approximate surface area is 124 Å². The van der Waals surface area contributed by atoms with Gasteiger partial charge in [-0.05, 0) is 25.0 Å². The second-order valence-electron chi connectivity index (χ2n) is 5.96. The van der Waals surface area contributed by atoms with Crippen LogP contribution in [0.25, 0.3) is 0 Å². The molecule has 0 aromatic carbocycles. The van der Waals surface area contributed by atoms with E-state index in [9.17, 15) is 9.59 Å². The standard InChI is InChI=1S/C16H21N3O2/c20-15-9-12(11-19(15)14-7-4-8-17-10-14)16(21)18-13-5-2-1-3-6-13/h4,7-8,10,12-13H,1-3,5-6,9,11H2,(H,18,21). The third kappa shape index (κ3) is 3.23. The van der Waals surface area contributed by atoms with Crippen molar-refractivity contribution in [1.82, 2.24) is 10.3 Å². The summed E-state index contributed by atoms with van der Waals surface area (Å²) in [5.74, 6) is -0.201. The lowest BCUT2D eigenvalue weighted by Crippen LogP contribution is -2.40. The third-order valence-electron chi connectivity index (χ3n) is 4.40. The topological polar surface area (TPSA) is 62.3 Å². The second-order valence-corrected chi connectivity index (χ2v) is 5.96. The van der Waals surface area contributed by atoms with E-state index in [0.29, 0.717) is 19.0 Å². The third-order valence-corrected chi connectivity index (χ3v) is 4.40. The number of hydrogen-bond acceptors (Lipinski definition) is 3. The fourth-order valence-corrected chi connectivity index (χ4v) is 3.21. The van der Waals surface area contributed by atoms with E-state index in [4.69, 9.17) is 0 Å². The average molecular weight is 287 g/mol. The van der Waals surface area contributed by atoms with Gasteiger partial charge in [-0.1, -0.05) is 19.3 Å². The molecule has 1 unspecified atom stereocenters. The van der Waals surface area contributed by atoms with Crippen molar-refractivity contribution in [3.63, 3.8) is 0 Å². The van der Waals surface area contributed by atoms with Gasteiger partial charge < -0.3 is 10.2 Å². The first kappa shape index (κ1) is 14.0. The van der Waals surface area contributed by atoms with Crippen LogP contribution in [0.4, 0.5) is 5.69 Å². The summed E-state index contributed by atoms with van der Waals surface area (Å²) in [6.07, 6.45) is 9.43. The molecule has 1 aliphatic carbocycles. The summed E-state index contributed by atoms with van der Waals surface area (Å²) in [4.78, 5) is 30.1.